The first kappa shape index (κ1) is 21.7. The first-order valence-corrected chi connectivity index (χ1v) is 10.0. The van der Waals surface area contributed by atoms with Gasteiger partial charge in [-0.1, -0.05) is 6.92 Å². The number of nitrogens with one attached hydrogen (secondary N) is 1. The van der Waals surface area contributed by atoms with E-state index < -0.39 is 6.04 Å². The lowest BCUT2D eigenvalue weighted by molar-refractivity contribution is -0.120. The fourth-order valence-electron chi connectivity index (χ4n) is 3.20. The second-order valence-corrected chi connectivity index (χ2v) is 6.83. The van der Waals surface area contributed by atoms with E-state index in [2.05, 4.69) is 5.32 Å². The van der Waals surface area contributed by atoms with Crippen molar-refractivity contribution in [1.82, 2.24) is 14.9 Å². The highest BCUT2D eigenvalue weighted by Crippen LogP contribution is 2.26. The quantitative estimate of drug-likeness (QED) is 0.470. The van der Waals surface area contributed by atoms with Crippen molar-refractivity contribution in [3.05, 3.63) is 54.1 Å². The van der Waals surface area contributed by atoms with Crippen LogP contribution in [-0.2, 0) is 22.6 Å². The summed E-state index contributed by atoms with van der Waals surface area (Å²) in [4.78, 5) is 16.2. The van der Waals surface area contributed by atoms with Gasteiger partial charge in [-0.15, -0.1) is 0 Å². The third kappa shape index (κ3) is 5.34. The van der Waals surface area contributed by atoms with E-state index in [1.54, 1.807) is 12.1 Å². The molecule has 160 valence electrons. The third-order valence-corrected chi connectivity index (χ3v) is 4.77. The van der Waals surface area contributed by atoms with Gasteiger partial charge in [-0.25, -0.2) is 9.37 Å². The van der Waals surface area contributed by atoms with Crippen LogP contribution < -0.4 is 15.8 Å². The Hall–Kier alpha value is -2.97. The maximum atomic E-state index is 13.1. The van der Waals surface area contributed by atoms with Gasteiger partial charge in [-0.05, 0) is 49.7 Å². The zero-order valence-corrected chi connectivity index (χ0v) is 17.2. The molecule has 0 aliphatic heterocycles. The van der Waals surface area contributed by atoms with Crippen LogP contribution in [0.5, 0.6) is 11.5 Å². The molecular weight excluding hydrogens is 387 g/mol. The van der Waals surface area contributed by atoms with Gasteiger partial charge >= 0.3 is 0 Å². The number of amides is 1. The molecule has 3 rings (SSSR count). The monoisotopic (exact) mass is 414 g/mol. The maximum absolute atomic E-state index is 13.1. The van der Waals surface area contributed by atoms with E-state index in [1.807, 2.05) is 36.6 Å². The highest BCUT2D eigenvalue weighted by molar-refractivity contribution is 5.80. The summed E-state index contributed by atoms with van der Waals surface area (Å²) in [5, 5.41) is 3.17. The Kier molecular flexibility index (Phi) is 7.37. The van der Waals surface area contributed by atoms with Crippen molar-refractivity contribution >= 4 is 16.9 Å². The predicted octanol–water partition coefficient (Wildman–Crippen LogP) is 3.36. The molecular formula is C22H27FN4O3. The minimum atomic E-state index is -0.414. The number of nitrogens with zero attached hydrogens (tertiary/aromatic N) is 2. The van der Waals surface area contributed by atoms with E-state index in [-0.39, 0.29) is 11.7 Å². The molecule has 0 fully saturated rings. The Labute approximate surface area is 175 Å². The Morgan fingerprint density at radius 3 is 2.60 bits per heavy atom. The standard InChI is InChI=1S/C22H27FN4O3/c1-3-18(22(24)28)25-14-21-26-19-10-9-17(30-16-7-5-15(23)6-8-16)13-20(19)27(21)11-12-29-4-2/h5-10,13,18,25H,3-4,11-12,14H2,1-2H3,(H2,24,28)/t18-/m0/s1. The molecule has 0 unspecified atom stereocenters. The number of aromatic nitrogens is 2. The van der Waals surface area contributed by atoms with Gasteiger partial charge in [0.25, 0.3) is 0 Å². The molecule has 2 aromatic carbocycles. The van der Waals surface area contributed by atoms with Crippen LogP contribution in [0.1, 0.15) is 26.1 Å². The zero-order chi connectivity index (χ0) is 21.5. The van der Waals surface area contributed by atoms with E-state index in [0.29, 0.717) is 44.2 Å². The summed E-state index contributed by atoms with van der Waals surface area (Å²) in [7, 11) is 0. The number of carbonyl (C=O) groups is 1. The molecule has 0 spiro atoms. The summed E-state index contributed by atoms with van der Waals surface area (Å²) in [5.74, 6) is 1.25. The van der Waals surface area contributed by atoms with Crippen molar-refractivity contribution in [2.45, 2.75) is 39.4 Å². The van der Waals surface area contributed by atoms with Crippen LogP contribution in [0, 0.1) is 5.82 Å². The number of benzene rings is 2. The molecule has 30 heavy (non-hydrogen) atoms. The number of primary amides is 1. The number of nitrogens with two attached hydrogens (primary N) is 1. The molecule has 0 saturated carbocycles. The summed E-state index contributed by atoms with van der Waals surface area (Å²) >= 11 is 0. The fourth-order valence-corrected chi connectivity index (χ4v) is 3.20. The molecule has 1 amide bonds. The van der Waals surface area contributed by atoms with Crippen molar-refractivity contribution in [2.24, 2.45) is 5.73 Å². The lowest BCUT2D eigenvalue weighted by Crippen LogP contribution is -2.40. The molecule has 1 aromatic heterocycles. The van der Waals surface area contributed by atoms with Gasteiger partial charge in [0, 0.05) is 19.2 Å². The summed E-state index contributed by atoms with van der Waals surface area (Å²) in [6.07, 6.45) is 0.601. The highest BCUT2D eigenvalue weighted by Gasteiger charge is 2.16. The number of hydrogen-bond donors (Lipinski definition) is 2. The minimum Gasteiger partial charge on any atom is -0.457 e. The molecule has 7 nitrogen and oxygen atoms in total. The Morgan fingerprint density at radius 1 is 1.20 bits per heavy atom. The maximum Gasteiger partial charge on any atom is 0.234 e. The minimum absolute atomic E-state index is 0.315. The van der Waals surface area contributed by atoms with Crippen LogP contribution in [0.3, 0.4) is 0 Å². The second kappa shape index (κ2) is 10.2. The summed E-state index contributed by atoms with van der Waals surface area (Å²) in [6.45, 7) is 6.01. The van der Waals surface area contributed by atoms with Crippen LogP contribution in [0.15, 0.2) is 42.5 Å². The van der Waals surface area contributed by atoms with Gasteiger partial charge in [0.1, 0.15) is 23.1 Å². The number of halogens is 1. The number of fused-ring (bicyclic) bond motifs is 1. The molecule has 1 heterocycles. The second-order valence-electron chi connectivity index (χ2n) is 6.83. The highest BCUT2D eigenvalue weighted by atomic mass is 19.1. The van der Waals surface area contributed by atoms with Crippen molar-refractivity contribution < 1.29 is 18.7 Å². The Balaban J connectivity index is 1.88. The van der Waals surface area contributed by atoms with Crippen molar-refractivity contribution in [2.75, 3.05) is 13.2 Å². The largest absolute Gasteiger partial charge is 0.457 e. The number of hydrogen-bond acceptors (Lipinski definition) is 5. The molecule has 3 aromatic rings. The molecule has 0 saturated heterocycles. The van der Waals surface area contributed by atoms with Crippen LogP contribution >= 0.6 is 0 Å². The first-order valence-electron chi connectivity index (χ1n) is 10.0. The van der Waals surface area contributed by atoms with E-state index in [0.717, 1.165) is 16.9 Å². The average Bonchev–Trinajstić information content (AvgIpc) is 3.07. The SMILES string of the molecule is CCOCCn1c(CN[C@@H](CC)C(N)=O)nc2ccc(Oc3ccc(F)cc3)cc21. The van der Waals surface area contributed by atoms with E-state index in [4.69, 9.17) is 20.2 Å². The lowest BCUT2D eigenvalue weighted by atomic mass is 10.2. The summed E-state index contributed by atoms with van der Waals surface area (Å²) in [5.41, 5.74) is 7.13. The van der Waals surface area contributed by atoms with Gasteiger partial charge in [0.2, 0.25) is 5.91 Å². The predicted molar refractivity (Wildman–Crippen MR) is 113 cm³/mol. The Morgan fingerprint density at radius 2 is 1.93 bits per heavy atom. The molecule has 0 radical (unpaired) electrons. The normalized spacial score (nSPS) is 12.2. The van der Waals surface area contributed by atoms with Gasteiger partial charge in [0.05, 0.1) is 30.2 Å². The summed E-state index contributed by atoms with van der Waals surface area (Å²) in [6, 6.07) is 11.0. The number of imidazole rings is 1. The Bertz CT molecular complexity index is 988. The van der Waals surface area contributed by atoms with Gasteiger partial charge in [-0.2, -0.15) is 0 Å². The molecule has 1 atom stereocenters. The van der Waals surface area contributed by atoms with Crippen LogP contribution in [-0.4, -0.2) is 34.7 Å². The van der Waals surface area contributed by atoms with Crippen molar-refractivity contribution in [1.29, 1.82) is 0 Å². The third-order valence-electron chi connectivity index (χ3n) is 4.77. The van der Waals surface area contributed by atoms with Crippen LogP contribution in [0.25, 0.3) is 11.0 Å². The van der Waals surface area contributed by atoms with Crippen LogP contribution in [0.4, 0.5) is 4.39 Å². The average molecular weight is 414 g/mol. The molecule has 0 aliphatic carbocycles. The number of ether oxygens (including phenoxy) is 2. The van der Waals surface area contributed by atoms with E-state index in [1.165, 1.54) is 12.1 Å². The molecule has 0 aliphatic rings. The van der Waals surface area contributed by atoms with Gasteiger partial charge in [-0.3, -0.25) is 10.1 Å². The lowest BCUT2D eigenvalue weighted by Gasteiger charge is -2.14. The summed E-state index contributed by atoms with van der Waals surface area (Å²) < 4.78 is 26.6. The topological polar surface area (TPSA) is 91.4 Å². The molecule has 0 bridgehead atoms. The van der Waals surface area contributed by atoms with Crippen molar-refractivity contribution in [3.63, 3.8) is 0 Å². The smallest absolute Gasteiger partial charge is 0.234 e. The van der Waals surface area contributed by atoms with Crippen molar-refractivity contribution in [3.8, 4) is 11.5 Å². The van der Waals surface area contributed by atoms with Crippen LogP contribution in [0.2, 0.25) is 0 Å². The first-order chi connectivity index (χ1) is 14.5. The van der Waals surface area contributed by atoms with E-state index in [9.17, 15) is 9.18 Å². The fraction of sp³-hybridized carbons (Fsp3) is 0.364. The van der Waals surface area contributed by atoms with E-state index >= 15 is 0 Å². The van der Waals surface area contributed by atoms with Gasteiger partial charge in [0.15, 0.2) is 0 Å². The number of carbonyl (C=O) groups excluding carboxylic acids is 1. The molecule has 3 N–H and O–H groups in total. The van der Waals surface area contributed by atoms with Gasteiger partial charge < -0.3 is 19.8 Å². The zero-order valence-electron chi connectivity index (χ0n) is 17.2. The number of rotatable bonds is 11. The molecule has 8 heteroatoms.